The molecule has 0 saturated heterocycles. The van der Waals surface area contributed by atoms with Gasteiger partial charge in [0.25, 0.3) is 0 Å². The third-order valence-electron chi connectivity index (χ3n) is 12.8. The molecule has 0 N–H and O–H groups in total. The average molecular weight is 820 g/mol. The number of fused-ring (bicyclic) bond motifs is 10. The number of anilines is 3. The number of benzene rings is 11. The SMILES string of the molecule is c1ccc(N(c2ccc(-c3ccc4c(ccc5ccccc54)c3)cc2)c2ccc(-c3cccc4c3sc3ccccc34)cc2)c(-c2ccc3oc4cc5ccccc5cc4c3c2)c1. The fourth-order valence-corrected chi connectivity index (χ4v) is 11.0. The van der Waals surface area contributed by atoms with Crippen LogP contribution in [0.4, 0.5) is 17.1 Å². The van der Waals surface area contributed by atoms with E-state index in [1.807, 2.05) is 11.3 Å². The van der Waals surface area contributed by atoms with Crippen LogP contribution in [0.15, 0.2) is 229 Å². The lowest BCUT2D eigenvalue weighted by atomic mass is 9.97. The van der Waals surface area contributed by atoms with Gasteiger partial charge in [-0.15, -0.1) is 11.3 Å². The first-order valence-electron chi connectivity index (χ1n) is 21.5. The van der Waals surface area contributed by atoms with Crippen molar-refractivity contribution in [3.8, 4) is 33.4 Å². The Labute approximate surface area is 368 Å². The van der Waals surface area contributed by atoms with E-state index in [1.165, 1.54) is 74.7 Å². The van der Waals surface area contributed by atoms with E-state index in [4.69, 9.17) is 4.42 Å². The van der Waals surface area contributed by atoms with Crippen molar-refractivity contribution in [1.82, 2.24) is 0 Å². The predicted octanol–water partition coefficient (Wildman–Crippen LogP) is 17.9. The standard InChI is InChI=1S/C60H37NOS/c1-2-12-42-37-58-55(35-41(42)11-1)54-36-45(27-33-57(54)62-58)50-14-5-7-18-56(50)61(47-30-24-40(25-31-47)51-16-9-17-53-52-15-6-8-19-59(52)63-60(51)53)46-28-22-38(23-29-46)43-26-32-49-44(34-43)21-20-39-10-3-4-13-48(39)49/h1-37H. The summed E-state index contributed by atoms with van der Waals surface area (Å²) in [5.74, 6) is 0. The Balaban J connectivity index is 0.942. The van der Waals surface area contributed by atoms with Crippen LogP contribution in [-0.2, 0) is 0 Å². The molecule has 63 heavy (non-hydrogen) atoms. The maximum atomic E-state index is 6.44. The molecule has 2 nitrogen and oxygen atoms in total. The van der Waals surface area contributed by atoms with Crippen LogP contribution in [-0.4, -0.2) is 0 Å². The molecule has 13 rings (SSSR count). The molecule has 13 aromatic rings. The minimum Gasteiger partial charge on any atom is -0.456 e. The lowest BCUT2D eigenvalue weighted by molar-refractivity contribution is 0.669. The molecule has 0 aliphatic rings. The number of hydrogen-bond acceptors (Lipinski definition) is 3. The topological polar surface area (TPSA) is 16.4 Å². The lowest BCUT2D eigenvalue weighted by Gasteiger charge is -2.28. The molecular formula is C60H37NOS. The van der Waals surface area contributed by atoms with E-state index in [1.54, 1.807) is 0 Å². The quantitative estimate of drug-likeness (QED) is 0.155. The first-order valence-corrected chi connectivity index (χ1v) is 22.3. The Hall–Kier alpha value is -7.98. The Morgan fingerprint density at radius 1 is 0.317 bits per heavy atom. The summed E-state index contributed by atoms with van der Waals surface area (Å²) >= 11 is 1.87. The summed E-state index contributed by atoms with van der Waals surface area (Å²) in [7, 11) is 0. The second-order valence-electron chi connectivity index (χ2n) is 16.5. The summed E-state index contributed by atoms with van der Waals surface area (Å²) in [5.41, 5.74) is 12.2. The third-order valence-corrected chi connectivity index (χ3v) is 14.1. The van der Waals surface area contributed by atoms with Crippen molar-refractivity contribution in [2.45, 2.75) is 0 Å². The summed E-state index contributed by atoms with van der Waals surface area (Å²) in [6.45, 7) is 0. The number of para-hydroxylation sites is 1. The van der Waals surface area contributed by atoms with E-state index in [-0.39, 0.29) is 0 Å². The molecule has 0 atom stereocenters. The Morgan fingerprint density at radius 2 is 0.921 bits per heavy atom. The van der Waals surface area contributed by atoms with Crippen LogP contribution in [0.2, 0.25) is 0 Å². The molecule has 0 saturated carbocycles. The summed E-state index contributed by atoms with van der Waals surface area (Å²) in [6.07, 6.45) is 0. The first-order chi connectivity index (χ1) is 31.2. The maximum Gasteiger partial charge on any atom is 0.136 e. The molecule has 0 aliphatic heterocycles. The van der Waals surface area contributed by atoms with E-state index in [0.29, 0.717) is 0 Å². The monoisotopic (exact) mass is 819 g/mol. The zero-order valence-corrected chi connectivity index (χ0v) is 34.9. The Morgan fingerprint density at radius 3 is 1.76 bits per heavy atom. The second-order valence-corrected chi connectivity index (χ2v) is 17.5. The molecule has 2 aromatic heterocycles. The summed E-state index contributed by atoms with van der Waals surface area (Å²) < 4.78 is 9.08. The van der Waals surface area contributed by atoms with Crippen molar-refractivity contribution >= 4 is 103 Å². The molecule has 11 aromatic carbocycles. The van der Waals surface area contributed by atoms with Crippen molar-refractivity contribution in [2.24, 2.45) is 0 Å². The molecule has 0 amide bonds. The van der Waals surface area contributed by atoms with Crippen molar-refractivity contribution in [2.75, 3.05) is 4.90 Å². The van der Waals surface area contributed by atoms with Gasteiger partial charge in [-0.2, -0.15) is 0 Å². The zero-order valence-electron chi connectivity index (χ0n) is 34.1. The van der Waals surface area contributed by atoms with Gasteiger partial charge in [-0.3, -0.25) is 0 Å². The van der Waals surface area contributed by atoms with Crippen LogP contribution in [0.5, 0.6) is 0 Å². The van der Waals surface area contributed by atoms with Crippen molar-refractivity contribution in [1.29, 1.82) is 0 Å². The van der Waals surface area contributed by atoms with Gasteiger partial charge < -0.3 is 9.32 Å². The van der Waals surface area contributed by atoms with E-state index < -0.39 is 0 Å². The largest absolute Gasteiger partial charge is 0.456 e. The highest BCUT2D eigenvalue weighted by molar-refractivity contribution is 7.26. The number of hydrogen-bond donors (Lipinski definition) is 0. The molecule has 0 fully saturated rings. The second kappa shape index (κ2) is 14.3. The summed E-state index contributed by atoms with van der Waals surface area (Å²) in [5, 5.41) is 12.3. The highest BCUT2D eigenvalue weighted by Gasteiger charge is 2.20. The molecular weight excluding hydrogens is 783 g/mol. The van der Waals surface area contributed by atoms with Crippen LogP contribution in [0.3, 0.4) is 0 Å². The van der Waals surface area contributed by atoms with E-state index >= 15 is 0 Å². The Bertz CT molecular complexity index is 3910. The minimum absolute atomic E-state index is 0.889. The molecule has 3 heteroatoms. The van der Waals surface area contributed by atoms with E-state index in [2.05, 4.69) is 229 Å². The van der Waals surface area contributed by atoms with Crippen molar-refractivity contribution < 1.29 is 4.42 Å². The average Bonchev–Trinajstić information content (AvgIpc) is 3.91. The fraction of sp³-hybridized carbons (Fsp3) is 0. The minimum atomic E-state index is 0.889. The lowest BCUT2D eigenvalue weighted by Crippen LogP contribution is -2.11. The first kappa shape index (κ1) is 35.7. The number of furan rings is 1. The van der Waals surface area contributed by atoms with Gasteiger partial charge in [-0.05, 0) is 127 Å². The summed E-state index contributed by atoms with van der Waals surface area (Å²) in [6, 6.07) is 81.8. The molecule has 294 valence electrons. The van der Waals surface area contributed by atoms with E-state index in [9.17, 15) is 0 Å². The van der Waals surface area contributed by atoms with Gasteiger partial charge in [0, 0.05) is 47.9 Å². The highest BCUT2D eigenvalue weighted by atomic mass is 32.1. The molecule has 0 aliphatic carbocycles. The van der Waals surface area contributed by atoms with Gasteiger partial charge in [0.1, 0.15) is 11.2 Å². The third kappa shape index (κ3) is 5.93. The van der Waals surface area contributed by atoms with Gasteiger partial charge in [0.2, 0.25) is 0 Å². The van der Waals surface area contributed by atoms with Gasteiger partial charge >= 0.3 is 0 Å². The van der Waals surface area contributed by atoms with E-state index in [0.717, 1.165) is 50.1 Å². The number of nitrogens with zero attached hydrogens (tertiary/aromatic N) is 1. The van der Waals surface area contributed by atoms with Crippen molar-refractivity contribution in [3.05, 3.63) is 224 Å². The van der Waals surface area contributed by atoms with Crippen LogP contribution in [0.1, 0.15) is 0 Å². The fourth-order valence-electron chi connectivity index (χ4n) is 9.73. The number of rotatable bonds is 6. The van der Waals surface area contributed by atoms with Crippen LogP contribution in [0, 0.1) is 0 Å². The molecule has 0 bridgehead atoms. The smallest absolute Gasteiger partial charge is 0.136 e. The normalized spacial score (nSPS) is 11.8. The molecule has 0 spiro atoms. The Kier molecular flexibility index (Phi) is 8.12. The molecule has 0 radical (unpaired) electrons. The van der Waals surface area contributed by atoms with Crippen LogP contribution >= 0.6 is 11.3 Å². The van der Waals surface area contributed by atoms with Crippen molar-refractivity contribution in [3.63, 3.8) is 0 Å². The van der Waals surface area contributed by atoms with Crippen LogP contribution < -0.4 is 4.90 Å². The zero-order chi connectivity index (χ0) is 41.4. The summed E-state index contributed by atoms with van der Waals surface area (Å²) in [4.78, 5) is 2.40. The van der Waals surface area contributed by atoms with Gasteiger partial charge in [-0.25, -0.2) is 0 Å². The van der Waals surface area contributed by atoms with Gasteiger partial charge in [-0.1, -0.05) is 158 Å². The number of thiophene rings is 1. The molecule has 2 heterocycles. The highest BCUT2D eigenvalue weighted by Crippen LogP contribution is 2.45. The molecule has 0 unspecified atom stereocenters. The van der Waals surface area contributed by atoms with Gasteiger partial charge in [0.15, 0.2) is 0 Å². The maximum absolute atomic E-state index is 6.44. The van der Waals surface area contributed by atoms with Gasteiger partial charge in [0.05, 0.1) is 5.69 Å². The van der Waals surface area contributed by atoms with Crippen LogP contribution in [0.25, 0.3) is 108 Å². The predicted molar refractivity (Wildman–Crippen MR) is 270 cm³/mol.